The Kier molecular flexibility index (Phi) is 8.15. The van der Waals surface area contributed by atoms with Crippen LogP contribution >= 0.6 is 0 Å². The van der Waals surface area contributed by atoms with Gasteiger partial charge in [0, 0.05) is 47.4 Å². The van der Waals surface area contributed by atoms with E-state index in [4.69, 9.17) is 10.5 Å². The third kappa shape index (κ3) is 5.27. The molecular weight excluding hydrogens is 636 g/mol. The smallest absolute Gasteiger partial charge is 0.352 e. The van der Waals surface area contributed by atoms with Crippen LogP contribution in [-0.4, -0.2) is 118 Å². The first kappa shape index (κ1) is 33.1. The maximum absolute atomic E-state index is 13.8. The summed E-state index contributed by atoms with van der Waals surface area (Å²) in [4.78, 5) is 51.9. The molecule has 2 aromatic rings. The molecule has 5 fully saturated rings. The topological polar surface area (TPSA) is 147 Å². The number of amides is 2. The van der Waals surface area contributed by atoms with Crippen LogP contribution in [0.1, 0.15) is 66.9 Å². The summed E-state index contributed by atoms with van der Waals surface area (Å²) in [5.74, 6) is -1.97. The highest BCUT2D eigenvalue weighted by Crippen LogP contribution is 2.53. The van der Waals surface area contributed by atoms with E-state index in [0.29, 0.717) is 35.3 Å². The molecule has 2 aliphatic carbocycles. The molecular formula is C39H48N4O7+2. The molecule has 9 rings (SSSR count). The van der Waals surface area contributed by atoms with Crippen LogP contribution in [0.15, 0.2) is 47.7 Å². The van der Waals surface area contributed by atoms with E-state index in [9.17, 15) is 29.4 Å². The summed E-state index contributed by atoms with van der Waals surface area (Å²) in [6, 6.07) is 11.3. The van der Waals surface area contributed by atoms with Gasteiger partial charge in [-0.15, -0.1) is 0 Å². The van der Waals surface area contributed by atoms with Gasteiger partial charge in [-0.05, 0) is 55.9 Å². The molecule has 11 nitrogen and oxygen atoms in total. The van der Waals surface area contributed by atoms with Gasteiger partial charge >= 0.3 is 5.97 Å². The number of nitrogens with zero attached hydrogens (tertiary/aromatic N) is 3. The van der Waals surface area contributed by atoms with E-state index < -0.39 is 24.1 Å². The van der Waals surface area contributed by atoms with E-state index in [1.165, 1.54) is 48.7 Å². The molecule has 0 spiro atoms. The Hall–Kier alpha value is -4.06. The van der Waals surface area contributed by atoms with Gasteiger partial charge in [0.1, 0.15) is 56.8 Å². The van der Waals surface area contributed by atoms with Crippen molar-refractivity contribution >= 4 is 23.6 Å². The minimum Gasteiger partial charge on any atom is -0.485 e. The van der Waals surface area contributed by atoms with Crippen molar-refractivity contribution in [2.24, 2.45) is 17.6 Å². The molecule has 0 radical (unpaired) electrons. The number of aryl methyl sites for hydroxylation is 1. The minimum absolute atomic E-state index is 0.00139. The Bertz CT molecular complexity index is 1790. The summed E-state index contributed by atoms with van der Waals surface area (Å²) in [7, 11) is 0. The molecule has 7 aliphatic rings. The number of piperazine rings is 3. The molecule has 4 saturated heterocycles. The number of hydrogen-bond acceptors (Lipinski definition) is 6. The average molecular weight is 685 g/mol. The van der Waals surface area contributed by atoms with E-state index in [1.54, 1.807) is 6.92 Å². The van der Waals surface area contributed by atoms with E-state index in [0.717, 1.165) is 66.4 Å². The van der Waals surface area contributed by atoms with E-state index in [1.807, 2.05) is 30.3 Å². The fraction of sp³-hybridized carbons (Fsp3) is 0.538. The van der Waals surface area contributed by atoms with Crippen LogP contribution in [0.3, 0.4) is 0 Å². The monoisotopic (exact) mass is 684 g/mol. The lowest BCUT2D eigenvalue weighted by Crippen LogP contribution is -2.75. The number of β-lactam (4-membered cyclic amide) rings is 1. The molecule has 4 N–H and O–H groups in total. The molecule has 5 unspecified atom stereocenters. The van der Waals surface area contributed by atoms with Gasteiger partial charge in [-0.1, -0.05) is 24.3 Å². The van der Waals surface area contributed by atoms with Crippen LogP contribution in [0.25, 0.3) is 11.1 Å². The number of quaternary nitrogens is 2. The quantitative estimate of drug-likeness (QED) is 0.196. The number of carboxylic acid groups (broad SMARTS) is 1. The highest BCUT2D eigenvalue weighted by atomic mass is 16.5. The van der Waals surface area contributed by atoms with Crippen LogP contribution in [0.2, 0.25) is 0 Å². The number of carbonyl (C=O) groups excluding carboxylic acids is 3. The van der Waals surface area contributed by atoms with Crippen molar-refractivity contribution in [2.75, 3.05) is 52.4 Å². The van der Waals surface area contributed by atoms with Crippen molar-refractivity contribution in [3.63, 3.8) is 0 Å². The van der Waals surface area contributed by atoms with Crippen LogP contribution in [0.4, 0.5) is 0 Å². The zero-order valence-corrected chi connectivity index (χ0v) is 28.8. The van der Waals surface area contributed by atoms with E-state index >= 15 is 0 Å². The number of carbonyl (C=O) groups is 4. The van der Waals surface area contributed by atoms with Crippen molar-refractivity contribution in [3.8, 4) is 16.9 Å². The molecule has 1 saturated carbocycles. The number of ether oxygens (including phenoxy) is 1. The Morgan fingerprint density at radius 1 is 0.960 bits per heavy atom. The molecule has 0 aromatic heterocycles. The fourth-order valence-electron chi connectivity index (χ4n) is 10.3. The standard InChI is InChI=1S/C39H46N4O7/c1-23(44)32-35-26-7-2-10-30(34(26)36(39(48)49)41(35)38(32)47)50-29-9-3-8-27-33(29)25-13-12-24(22-28(25)37(27)46)6-4-14-42-16-19-43(20-17-42,21-18-42)15-5-11-31(40)45/h3,8-9,12-13,22-23,26,30,32,35,44H,2,4-7,10-11,14-21H2,1H3,(H-2,40,45,48,49)/p+2. The highest BCUT2D eigenvalue weighted by molar-refractivity contribution is 6.22. The zero-order valence-electron chi connectivity index (χ0n) is 28.8. The molecule has 11 heteroatoms. The first-order valence-corrected chi connectivity index (χ1v) is 18.5. The van der Waals surface area contributed by atoms with Gasteiger partial charge in [0.2, 0.25) is 11.8 Å². The van der Waals surface area contributed by atoms with Gasteiger partial charge in [0.25, 0.3) is 0 Å². The lowest BCUT2D eigenvalue weighted by molar-refractivity contribution is -1.08. The maximum Gasteiger partial charge on any atom is 0.352 e. The number of ketones is 1. The summed E-state index contributed by atoms with van der Waals surface area (Å²) < 4.78 is 8.98. The number of nitrogens with two attached hydrogens (primary N) is 1. The Morgan fingerprint density at radius 3 is 2.32 bits per heavy atom. The first-order chi connectivity index (χ1) is 24.0. The number of hydrogen-bond donors (Lipinski definition) is 3. The molecule has 5 aliphatic heterocycles. The predicted molar refractivity (Wildman–Crippen MR) is 184 cm³/mol. The number of primary amides is 1. The van der Waals surface area contributed by atoms with Gasteiger partial charge in [-0.2, -0.15) is 0 Å². The van der Waals surface area contributed by atoms with Crippen molar-refractivity contribution in [1.82, 2.24) is 4.90 Å². The zero-order chi connectivity index (χ0) is 34.9. The number of aliphatic hydroxyl groups is 1. The summed E-state index contributed by atoms with van der Waals surface area (Å²) in [5.41, 5.74) is 10.00. The highest BCUT2D eigenvalue weighted by Gasteiger charge is 2.62. The Balaban J connectivity index is 0.967. The van der Waals surface area contributed by atoms with E-state index in [-0.39, 0.29) is 35.3 Å². The summed E-state index contributed by atoms with van der Waals surface area (Å²) in [5, 5.41) is 20.6. The fourth-order valence-corrected chi connectivity index (χ4v) is 10.3. The average Bonchev–Trinajstić information content (AvgIpc) is 3.55. The van der Waals surface area contributed by atoms with Crippen LogP contribution in [0, 0.1) is 11.8 Å². The SMILES string of the molecule is CC(O)C1C(=O)N2C(C(=O)O)=C3C(Oc4cccc5c4-c4ccc(CCC[N+]67CC[N+](CCCC(N)=O)(CC6)CC7)cc4C5=O)CCCC3C12. The third-order valence-corrected chi connectivity index (χ3v) is 13.0. The van der Waals surface area contributed by atoms with Crippen LogP contribution in [0.5, 0.6) is 5.75 Å². The van der Waals surface area contributed by atoms with Crippen molar-refractivity contribution < 1.29 is 43.1 Å². The minimum atomic E-state index is -1.15. The summed E-state index contributed by atoms with van der Waals surface area (Å²) in [6.45, 7) is 10.8. The summed E-state index contributed by atoms with van der Waals surface area (Å²) >= 11 is 0. The number of aliphatic hydroxyl groups excluding tert-OH is 1. The molecule has 264 valence electrons. The van der Waals surface area contributed by atoms with Crippen LogP contribution in [-0.2, 0) is 20.8 Å². The Morgan fingerprint density at radius 2 is 1.66 bits per heavy atom. The molecule has 5 atom stereocenters. The second-order valence-electron chi connectivity index (χ2n) is 15.8. The number of rotatable bonds is 12. The predicted octanol–water partition coefficient (Wildman–Crippen LogP) is 2.86. The Labute approximate surface area is 292 Å². The largest absolute Gasteiger partial charge is 0.485 e. The molecule has 2 bridgehead atoms. The second-order valence-corrected chi connectivity index (χ2v) is 15.8. The molecule has 50 heavy (non-hydrogen) atoms. The molecule has 5 heterocycles. The van der Waals surface area contributed by atoms with Gasteiger partial charge in [0.05, 0.1) is 31.2 Å². The van der Waals surface area contributed by atoms with Gasteiger partial charge in [-0.25, -0.2) is 4.79 Å². The number of fused-ring (bicyclic) bond motifs is 9. The lowest BCUT2D eigenvalue weighted by Gasteiger charge is -2.55. The number of aliphatic carboxylic acids is 1. The van der Waals surface area contributed by atoms with Crippen LogP contribution < -0.4 is 10.5 Å². The second kappa shape index (κ2) is 12.3. The van der Waals surface area contributed by atoms with Gasteiger partial charge in [-0.3, -0.25) is 14.4 Å². The van der Waals surface area contributed by atoms with Gasteiger partial charge in [0.15, 0.2) is 5.78 Å². The molecule has 2 amide bonds. The number of carboxylic acids is 1. The third-order valence-electron chi connectivity index (χ3n) is 13.0. The maximum atomic E-state index is 13.8. The van der Waals surface area contributed by atoms with Crippen molar-refractivity contribution in [1.29, 1.82) is 0 Å². The normalized spacial score (nSPS) is 31.1. The van der Waals surface area contributed by atoms with Crippen molar-refractivity contribution in [3.05, 3.63) is 64.4 Å². The van der Waals surface area contributed by atoms with Gasteiger partial charge < -0.3 is 34.5 Å². The molecule has 2 aromatic carbocycles. The van der Waals surface area contributed by atoms with E-state index in [2.05, 4.69) is 6.07 Å². The lowest BCUT2D eigenvalue weighted by atomic mass is 9.71. The van der Waals surface area contributed by atoms with Crippen molar-refractivity contribution in [2.45, 2.75) is 70.1 Å². The summed E-state index contributed by atoms with van der Waals surface area (Å²) in [6.07, 6.45) is 4.05. The first-order valence-electron chi connectivity index (χ1n) is 18.5. The number of benzene rings is 2.